The van der Waals surface area contributed by atoms with Crippen molar-refractivity contribution in [1.82, 2.24) is 9.55 Å². The van der Waals surface area contributed by atoms with Crippen molar-refractivity contribution in [3.05, 3.63) is 48.5 Å². The van der Waals surface area contributed by atoms with Gasteiger partial charge in [-0.15, -0.1) is 0 Å². The van der Waals surface area contributed by atoms with Gasteiger partial charge in [0.25, 0.3) is 0 Å². The molecule has 0 aliphatic rings. The Balaban J connectivity index is 1.84. The van der Waals surface area contributed by atoms with Crippen LogP contribution in [0.5, 0.6) is 5.75 Å². The van der Waals surface area contributed by atoms with E-state index in [-0.39, 0.29) is 5.69 Å². The molecule has 2 aromatic rings. The first-order chi connectivity index (χ1) is 8.25. The molecule has 1 heterocycles. The number of nitrogens with zero attached hydrogens (tertiary/aromatic N) is 2. The number of aromatic nitrogens is 2. The fourth-order valence-electron chi connectivity index (χ4n) is 1.38. The van der Waals surface area contributed by atoms with Gasteiger partial charge in [-0.05, 0) is 12.1 Å². The predicted octanol–water partition coefficient (Wildman–Crippen LogP) is 1.66. The predicted molar refractivity (Wildman–Crippen MR) is 61.1 cm³/mol. The lowest BCUT2D eigenvalue weighted by atomic mass is 10.3. The van der Waals surface area contributed by atoms with Crippen LogP contribution in [0.15, 0.2) is 42.9 Å². The number of para-hydroxylation sites is 1. The number of hydrogen-bond acceptors (Lipinski definition) is 3. The molecule has 0 saturated heterocycles. The van der Waals surface area contributed by atoms with E-state index in [1.807, 2.05) is 30.3 Å². The van der Waals surface area contributed by atoms with Crippen LogP contribution in [-0.2, 0) is 6.54 Å². The largest absolute Gasteiger partial charge is 0.492 e. The number of ether oxygens (including phenoxy) is 1. The number of carbonyl (C=O) groups is 1. The molecule has 0 fully saturated rings. The van der Waals surface area contributed by atoms with Crippen molar-refractivity contribution in [3.8, 4) is 5.75 Å². The van der Waals surface area contributed by atoms with Crippen LogP contribution in [0.3, 0.4) is 0 Å². The van der Waals surface area contributed by atoms with Crippen molar-refractivity contribution in [1.29, 1.82) is 0 Å². The number of rotatable bonds is 5. The lowest BCUT2D eigenvalue weighted by Crippen LogP contribution is -2.06. The lowest BCUT2D eigenvalue weighted by molar-refractivity contribution is 0.0691. The Morgan fingerprint density at radius 3 is 2.76 bits per heavy atom. The minimum atomic E-state index is -1.02. The summed E-state index contributed by atoms with van der Waals surface area (Å²) in [6.07, 6.45) is 2.97. The van der Waals surface area contributed by atoms with Gasteiger partial charge in [0.05, 0.1) is 12.9 Å². The summed E-state index contributed by atoms with van der Waals surface area (Å²) < 4.78 is 7.17. The topological polar surface area (TPSA) is 64.3 Å². The molecule has 0 unspecified atom stereocenters. The van der Waals surface area contributed by atoms with Crippen LogP contribution in [-0.4, -0.2) is 27.2 Å². The van der Waals surface area contributed by atoms with E-state index in [0.29, 0.717) is 13.2 Å². The van der Waals surface area contributed by atoms with Gasteiger partial charge in [-0.3, -0.25) is 0 Å². The first-order valence-corrected chi connectivity index (χ1v) is 5.18. The second-order valence-corrected chi connectivity index (χ2v) is 3.46. The Bertz CT molecular complexity index is 493. The number of hydrogen-bond donors (Lipinski definition) is 1. The second kappa shape index (κ2) is 5.16. The SMILES string of the molecule is O=C(O)c1cn(CCOc2ccccc2)cn1. The maximum atomic E-state index is 10.6. The smallest absolute Gasteiger partial charge is 0.356 e. The van der Waals surface area contributed by atoms with Crippen molar-refractivity contribution in [2.24, 2.45) is 0 Å². The first kappa shape index (κ1) is 11.2. The molecule has 1 aromatic heterocycles. The van der Waals surface area contributed by atoms with Gasteiger partial charge in [0.15, 0.2) is 5.69 Å². The van der Waals surface area contributed by atoms with E-state index < -0.39 is 5.97 Å². The van der Waals surface area contributed by atoms with Crippen molar-refractivity contribution >= 4 is 5.97 Å². The monoisotopic (exact) mass is 232 g/mol. The van der Waals surface area contributed by atoms with E-state index >= 15 is 0 Å². The molecule has 1 aromatic carbocycles. The molecule has 0 bridgehead atoms. The van der Waals surface area contributed by atoms with Gasteiger partial charge in [0, 0.05) is 6.20 Å². The van der Waals surface area contributed by atoms with Gasteiger partial charge in [-0.25, -0.2) is 9.78 Å². The molecule has 1 N–H and O–H groups in total. The highest BCUT2D eigenvalue weighted by Crippen LogP contribution is 2.08. The normalized spacial score (nSPS) is 10.1. The average molecular weight is 232 g/mol. The summed E-state index contributed by atoms with van der Waals surface area (Å²) in [5, 5.41) is 8.69. The molecule has 0 saturated carbocycles. The van der Waals surface area contributed by atoms with Crippen LogP contribution in [0.2, 0.25) is 0 Å². The van der Waals surface area contributed by atoms with Crippen molar-refractivity contribution in [3.63, 3.8) is 0 Å². The molecular formula is C12H12N2O3. The number of carboxylic acids is 1. The van der Waals surface area contributed by atoms with E-state index in [9.17, 15) is 4.79 Å². The minimum Gasteiger partial charge on any atom is -0.492 e. The molecule has 88 valence electrons. The van der Waals surface area contributed by atoms with Gasteiger partial charge in [0.2, 0.25) is 0 Å². The number of aromatic carboxylic acids is 1. The minimum absolute atomic E-state index is 0.0460. The summed E-state index contributed by atoms with van der Waals surface area (Å²) in [4.78, 5) is 14.4. The van der Waals surface area contributed by atoms with Crippen molar-refractivity contribution < 1.29 is 14.6 Å². The van der Waals surface area contributed by atoms with E-state index in [4.69, 9.17) is 9.84 Å². The summed E-state index contributed by atoms with van der Waals surface area (Å²) >= 11 is 0. The summed E-state index contributed by atoms with van der Waals surface area (Å²) in [6, 6.07) is 9.46. The maximum absolute atomic E-state index is 10.6. The third-order valence-corrected chi connectivity index (χ3v) is 2.21. The van der Waals surface area contributed by atoms with Gasteiger partial charge in [0.1, 0.15) is 12.4 Å². The highest BCUT2D eigenvalue weighted by Gasteiger charge is 2.05. The molecule has 0 radical (unpaired) electrons. The Labute approximate surface area is 98.3 Å². The zero-order valence-corrected chi connectivity index (χ0v) is 9.11. The molecule has 0 aliphatic carbocycles. The van der Waals surface area contributed by atoms with Crippen LogP contribution >= 0.6 is 0 Å². The lowest BCUT2D eigenvalue weighted by Gasteiger charge is -2.05. The van der Waals surface area contributed by atoms with Crippen molar-refractivity contribution in [2.45, 2.75) is 6.54 Å². The Kier molecular flexibility index (Phi) is 3.40. The molecule has 17 heavy (non-hydrogen) atoms. The van der Waals surface area contributed by atoms with Gasteiger partial charge < -0.3 is 14.4 Å². The molecule has 0 spiro atoms. The maximum Gasteiger partial charge on any atom is 0.356 e. The summed E-state index contributed by atoms with van der Waals surface area (Å²) in [5.41, 5.74) is 0.0460. The standard InChI is InChI=1S/C12H12N2O3/c15-12(16)11-8-14(9-13-11)6-7-17-10-4-2-1-3-5-10/h1-5,8-9H,6-7H2,(H,15,16). The Morgan fingerprint density at radius 2 is 2.12 bits per heavy atom. The summed E-state index contributed by atoms with van der Waals surface area (Å²) in [6.45, 7) is 1.04. The molecular weight excluding hydrogens is 220 g/mol. The fraction of sp³-hybridized carbons (Fsp3) is 0.167. The first-order valence-electron chi connectivity index (χ1n) is 5.18. The molecule has 2 rings (SSSR count). The third-order valence-electron chi connectivity index (χ3n) is 2.21. The van der Waals surface area contributed by atoms with E-state index in [1.54, 1.807) is 4.57 Å². The van der Waals surface area contributed by atoms with Crippen molar-refractivity contribution in [2.75, 3.05) is 6.61 Å². The van der Waals surface area contributed by atoms with Crippen LogP contribution in [0.1, 0.15) is 10.5 Å². The van der Waals surface area contributed by atoms with Crippen LogP contribution in [0.4, 0.5) is 0 Å². The zero-order valence-electron chi connectivity index (χ0n) is 9.11. The summed E-state index contributed by atoms with van der Waals surface area (Å²) in [5.74, 6) is -0.223. The third kappa shape index (κ3) is 3.07. The molecule has 0 atom stereocenters. The van der Waals surface area contributed by atoms with E-state index in [2.05, 4.69) is 4.98 Å². The van der Waals surface area contributed by atoms with Gasteiger partial charge >= 0.3 is 5.97 Å². The molecule has 5 heteroatoms. The van der Waals surface area contributed by atoms with Crippen LogP contribution in [0, 0.1) is 0 Å². The van der Waals surface area contributed by atoms with Gasteiger partial charge in [-0.2, -0.15) is 0 Å². The second-order valence-electron chi connectivity index (χ2n) is 3.46. The highest BCUT2D eigenvalue weighted by atomic mass is 16.5. The fourth-order valence-corrected chi connectivity index (χ4v) is 1.38. The van der Waals surface area contributed by atoms with E-state index in [1.165, 1.54) is 12.5 Å². The van der Waals surface area contributed by atoms with Crippen LogP contribution in [0.25, 0.3) is 0 Å². The Morgan fingerprint density at radius 1 is 1.35 bits per heavy atom. The number of benzene rings is 1. The summed E-state index contributed by atoms with van der Waals surface area (Å²) in [7, 11) is 0. The molecule has 0 aliphatic heterocycles. The highest BCUT2D eigenvalue weighted by molar-refractivity contribution is 5.84. The number of imidazole rings is 1. The van der Waals surface area contributed by atoms with E-state index in [0.717, 1.165) is 5.75 Å². The zero-order chi connectivity index (χ0) is 12.1. The average Bonchev–Trinajstić information content (AvgIpc) is 2.79. The Hall–Kier alpha value is -2.30. The molecule has 0 amide bonds. The number of carboxylic acid groups (broad SMARTS) is 1. The molecule has 5 nitrogen and oxygen atoms in total. The van der Waals surface area contributed by atoms with Crippen LogP contribution < -0.4 is 4.74 Å². The quantitative estimate of drug-likeness (QED) is 0.851. The van der Waals surface area contributed by atoms with Gasteiger partial charge in [-0.1, -0.05) is 18.2 Å².